The fraction of sp³-hybridized carbons (Fsp3) is 0.400. The minimum atomic E-state index is -3.47. The molecule has 6 heteroatoms. The monoisotopic (exact) mass is 307 g/mol. The molecule has 114 valence electrons. The number of hydrogen-bond acceptors (Lipinski definition) is 3. The summed E-state index contributed by atoms with van der Waals surface area (Å²) in [5.41, 5.74) is 2.97. The molecule has 21 heavy (non-hydrogen) atoms. The van der Waals surface area contributed by atoms with Crippen LogP contribution < -0.4 is 0 Å². The Labute approximate surface area is 126 Å². The van der Waals surface area contributed by atoms with Crippen LogP contribution >= 0.6 is 0 Å². The molecular weight excluding hydrogens is 286 g/mol. The predicted molar refractivity (Wildman–Crippen MR) is 82.5 cm³/mol. The molecule has 0 N–H and O–H groups in total. The molecule has 0 atom stereocenters. The van der Waals surface area contributed by atoms with Gasteiger partial charge in [-0.15, -0.1) is 0 Å². The Hall–Kier alpha value is -1.66. The number of nitrogens with zero attached hydrogens (tertiary/aromatic N) is 3. The van der Waals surface area contributed by atoms with Gasteiger partial charge in [0.2, 0.25) is 10.0 Å². The maximum absolute atomic E-state index is 12.5. The van der Waals surface area contributed by atoms with Crippen molar-refractivity contribution in [1.82, 2.24) is 14.1 Å². The Balaban J connectivity index is 2.24. The summed E-state index contributed by atoms with van der Waals surface area (Å²) < 4.78 is 28.3. The van der Waals surface area contributed by atoms with Crippen molar-refractivity contribution >= 4 is 10.0 Å². The highest BCUT2D eigenvalue weighted by atomic mass is 32.2. The number of sulfonamides is 1. The van der Waals surface area contributed by atoms with E-state index in [0.29, 0.717) is 11.4 Å². The zero-order valence-electron chi connectivity index (χ0n) is 12.9. The van der Waals surface area contributed by atoms with Crippen LogP contribution in [0.2, 0.25) is 0 Å². The first-order chi connectivity index (χ1) is 9.86. The second kappa shape index (κ2) is 5.99. The molecule has 0 fully saturated rings. The van der Waals surface area contributed by atoms with E-state index < -0.39 is 10.0 Å². The van der Waals surface area contributed by atoms with Crippen molar-refractivity contribution in [2.45, 2.75) is 38.8 Å². The van der Waals surface area contributed by atoms with Gasteiger partial charge in [0.05, 0.1) is 11.1 Å². The van der Waals surface area contributed by atoms with Crippen molar-refractivity contribution in [3.63, 3.8) is 0 Å². The summed E-state index contributed by atoms with van der Waals surface area (Å²) in [5.74, 6) is 0. The van der Waals surface area contributed by atoms with Crippen LogP contribution in [0.25, 0.3) is 0 Å². The third-order valence-corrected chi connectivity index (χ3v) is 5.44. The van der Waals surface area contributed by atoms with Crippen LogP contribution in [0.4, 0.5) is 0 Å². The second-order valence-corrected chi connectivity index (χ2v) is 7.19. The molecule has 0 aliphatic heterocycles. The van der Waals surface area contributed by atoms with Crippen molar-refractivity contribution in [1.29, 1.82) is 0 Å². The molecule has 0 saturated heterocycles. The molecule has 0 bridgehead atoms. The molecule has 0 amide bonds. The van der Waals surface area contributed by atoms with E-state index in [2.05, 4.69) is 5.10 Å². The Bertz CT molecular complexity index is 718. The molecule has 0 unspecified atom stereocenters. The van der Waals surface area contributed by atoms with Crippen LogP contribution in [0.1, 0.15) is 23.7 Å². The van der Waals surface area contributed by atoms with E-state index in [1.54, 1.807) is 37.5 Å². The van der Waals surface area contributed by atoms with Gasteiger partial charge in [-0.25, -0.2) is 8.42 Å². The Morgan fingerprint density at radius 3 is 2.33 bits per heavy atom. The van der Waals surface area contributed by atoms with Crippen molar-refractivity contribution in [3.05, 3.63) is 47.3 Å². The topological polar surface area (TPSA) is 55.2 Å². The van der Waals surface area contributed by atoms with Gasteiger partial charge < -0.3 is 0 Å². The smallest absolute Gasteiger partial charge is 0.243 e. The molecule has 0 radical (unpaired) electrons. The van der Waals surface area contributed by atoms with Gasteiger partial charge in [-0.3, -0.25) is 4.68 Å². The minimum absolute atomic E-state index is 0.316. The van der Waals surface area contributed by atoms with E-state index in [1.807, 2.05) is 25.5 Å². The summed E-state index contributed by atoms with van der Waals surface area (Å²) in [5, 5.41) is 4.25. The molecule has 1 aromatic carbocycles. The van der Waals surface area contributed by atoms with E-state index in [-0.39, 0.29) is 0 Å². The number of benzene rings is 1. The highest BCUT2D eigenvalue weighted by molar-refractivity contribution is 7.89. The second-order valence-electron chi connectivity index (χ2n) is 5.15. The molecule has 0 aliphatic carbocycles. The van der Waals surface area contributed by atoms with Crippen molar-refractivity contribution < 1.29 is 8.42 Å². The predicted octanol–water partition coefficient (Wildman–Crippen LogP) is 2.34. The first-order valence-electron chi connectivity index (χ1n) is 6.90. The van der Waals surface area contributed by atoms with Gasteiger partial charge in [-0.1, -0.05) is 17.7 Å². The van der Waals surface area contributed by atoms with Gasteiger partial charge in [0.1, 0.15) is 0 Å². The Kier molecular flexibility index (Phi) is 4.49. The summed E-state index contributed by atoms with van der Waals surface area (Å²) in [6, 6.07) is 6.90. The highest BCUT2D eigenvalue weighted by Gasteiger charge is 2.22. The molecule has 5 nitrogen and oxygen atoms in total. The molecular formula is C15H21N3O2S. The standard InChI is InChI=1S/C15H21N3O2S/c1-5-18-13(3)14(10-16-18)11-17(4)21(19,20)15-8-6-12(2)7-9-15/h6-10H,5,11H2,1-4H3. The van der Waals surface area contributed by atoms with Gasteiger partial charge in [0, 0.05) is 31.4 Å². The van der Waals surface area contributed by atoms with E-state index in [1.165, 1.54) is 4.31 Å². The average molecular weight is 307 g/mol. The third kappa shape index (κ3) is 3.16. The van der Waals surface area contributed by atoms with Crippen LogP contribution in [-0.4, -0.2) is 29.6 Å². The first-order valence-corrected chi connectivity index (χ1v) is 8.34. The number of hydrogen-bond donors (Lipinski definition) is 0. The summed E-state index contributed by atoms with van der Waals surface area (Å²) in [6.07, 6.45) is 1.74. The first kappa shape index (κ1) is 15.7. The molecule has 0 aliphatic rings. The lowest BCUT2D eigenvalue weighted by Gasteiger charge is -2.17. The summed E-state index contributed by atoms with van der Waals surface area (Å²) in [6.45, 7) is 7.00. The van der Waals surface area contributed by atoms with Gasteiger partial charge in [0.25, 0.3) is 0 Å². The maximum atomic E-state index is 12.5. The van der Waals surface area contributed by atoms with E-state index >= 15 is 0 Å². The van der Waals surface area contributed by atoms with Crippen LogP contribution in [0.3, 0.4) is 0 Å². The lowest BCUT2D eigenvalue weighted by Crippen LogP contribution is -2.26. The molecule has 0 saturated carbocycles. The number of aromatic nitrogens is 2. The summed E-state index contributed by atoms with van der Waals surface area (Å²) in [7, 11) is -1.88. The minimum Gasteiger partial charge on any atom is -0.270 e. The number of rotatable bonds is 5. The van der Waals surface area contributed by atoms with E-state index in [0.717, 1.165) is 23.4 Å². The SMILES string of the molecule is CCn1ncc(CN(C)S(=O)(=O)c2ccc(C)cc2)c1C. The van der Waals surface area contributed by atoms with E-state index in [4.69, 9.17) is 0 Å². The Morgan fingerprint density at radius 1 is 1.19 bits per heavy atom. The average Bonchev–Trinajstić information content (AvgIpc) is 2.80. The van der Waals surface area contributed by atoms with Gasteiger partial charge in [-0.2, -0.15) is 9.40 Å². The van der Waals surface area contributed by atoms with Crippen molar-refractivity contribution in [2.24, 2.45) is 0 Å². The molecule has 1 heterocycles. The zero-order valence-corrected chi connectivity index (χ0v) is 13.7. The van der Waals surface area contributed by atoms with E-state index in [9.17, 15) is 8.42 Å². The van der Waals surface area contributed by atoms with Gasteiger partial charge in [0.15, 0.2) is 0 Å². The fourth-order valence-corrected chi connectivity index (χ4v) is 3.32. The molecule has 2 aromatic rings. The van der Waals surface area contributed by atoms with Crippen molar-refractivity contribution in [2.75, 3.05) is 7.05 Å². The summed E-state index contributed by atoms with van der Waals surface area (Å²) in [4.78, 5) is 0.316. The zero-order chi connectivity index (χ0) is 15.6. The largest absolute Gasteiger partial charge is 0.270 e. The van der Waals surface area contributed by atoms with Crippen LogP contribution in [-0.2, 0) is 23.1 Å². The van der Waals surface area contributed by atoms with Crippen LogP contribution in [0.15, 0.2) is 35.4 Å². The quantitative estimate of drug-likeness (QED) is 0.852. The number of aryl methyl sites for hydroxylation is 2. The van der Waals surface area contributed by atoms with Gasteiger partial charge >= 0.3 is 0 Å². The summed E-state index contributed by atoms with van der Waals surface area (Å²) >= 11 is 0. The molecule has 2 rings (SSSR count). The Morgan fingerprint density at radius 2 is 1.81 bits per heavy atom. The van der Waals surface area contributed by atoms with Crippen LogP contribution in [0, 0.1) is 13.8 Å². The lowest BCUT2D eigenvalue weighted by atomic mass is 10.2. The molecule has 1 aromatic heterocycles. The highest BCUT2D eigenvalue weighted by Crippen LogP contribution is 2.18. The van der Waals surface area contributed by atoms with Gasteiger partial charge in [-0.05, 0) is 32.9 Å². The maximum Gasteiger partial charge on any atom is 0.243 e. The van der Waals surface area contributed by atoms with Crippen LogP contribution in [0.5, 0.6) is 0 Å². The normalized spacial score (nSPS) is 12.0. The van der Waals surface area contributed by atoms with Crippen molar-refractivity contribution in [3.8, 4) is 0 Å². The fourth-order valence-electron chi connectivity index (χ4n) is 2.17. The lowest BCUT2D eigenvalue weighted by molar-refractivity contribution is 0.465. The third-order valence-electron chi connectivity index (χ3n) is 3.63. The molecule has 0 spiro atoms.